The summed E-state index contributed by atoms with van der Waals surface area (Å²) in [5.74, 6) is 1.12. The Morgan fingerprint density at radius 3 is 2.39 bits per heavy atom. The van der Waals surface area contributed by atoms with Crippen molar-refractivity contribution >= 4 is 0 Å². The normalized spacial score (nSPS) is 11.5. The molecule has 23 heavy (non-hydrogen) atoms. The second-order valence-electron chi connectivity index (χ2n) is 4.73. The van der Waals surface area contributed by atoms with Crippen molar-refractivity contribution in [2.75, 3.05) is 7.11 Å². The zero-order valence-electron chi connectivity index (χ0n) is 12.0. The molecule has 0 bridgehead atoms. The van der Waals surface area contributed by atoms with Gasteiger partial charge in [0.15, 0.2) is 0 Å². The van der Waals surface area contributed by atoms with Crippen LogP contribution in [0, 0.1) is 0 Å². The molecule has 1 aromatic heterocycles. The summed E-state index contributed by atoms with van der Waals surface area (Å²) in [5.41, 5.74) is 0.378. The molecule has 0 radical (unpaired) electrons. The topological polar surface area (TPSA) is 48.2 Å². The Kier molecular flexibility index (Phi) is 3.77. The molecular formula is C16H11F3N2O2. The van der Waals surface area contributed by atoms with Crippen LogP contribution in [-0.2, 0) is 6.18 Å². The largest absolute Gasteiger partial charge is 0.497 e. The fourth-order valence-electron chi connectivity index (χ4n) is 2.02. The summed E-state index contributed by atoms with van der Waals surface area (Å²) in [7, 11) is 1.54. The quantitative estimate of drug-likeness (QED) is 0.716. The lowest BCUT2D eigenvalue weighted by Gasteiger charge is -2.05. The zero-order chi connectivity index (χ0) is 16.4. The van der Waals surface area contributed by atoms with Gasteiger partial charge in [0.2, 0.25) is 5.82 Å². The fourth-order valence-corrected chi connectivity index (χ4v) is 2.02. The van der Waals surface area contributed by atoms with Gasteiger partial charge in [-0.25, -0.2) is 0 Å². The molecule has 118 valence electrons. The van der Waals surface area contributed by atoms with Crippen LogP contribution in [0.15, 0.2) is 53.1 Å². The fraction of sp³-hybridized carbons (Fsp3) is 0.125. The molecule has 0 aliphatic carbocycles. The van der Waals surface area contributed by atoms with Gasteiger partial charge >= 0.3 is 6.18 Å². The van der Waals surface area contributed by atoms with Crippen LogP contribution >= 0.6 is 0 Å². The number of rotatable bonds is 3. The molecule has 4 nitrogen and oxygen atoms in total. The van der Waals surface area contributed by atoms with Crippen LogP contribution in [0.25, 0.3) is 22.8 Å². The number of halogens is 3. The molecule has 0 N–H and O–H groups in total. The third kappa shape index (κ3) is 3.18. The van der Waals surface area contributed by atoms with Gasteiger partial charge in [-0.15, -0.1) is 0 Å². The van der Waals surface area contributed by atoms with Crippen molar-refractivity contribution in [2.24, 2.45) is 0 Å². The Morgan fingerprint density at radius 2 is 1.74 bits per heavy atom. The third-order valence-electron chi connectivity index (χ3n) is 3.21. The first-order valence-electron chi connectivity index (χ1n) is 6.63. The van der Waals surface area contributed by atoms with Crippen molar-refractivity contribution in [3.8, 4) is 28.6 Å². The summed E-state index contributed by atoms with van der Waals surface area (Å²) in [6.07, 6.45) is -4.37. The van der Waals surface area contributed by atoms with Crippen molar-refractivity contribution in [2.45, 2.75) is 6.18 Å². The molecule has 3 aromatic rings. The number of ether oxygens (including phenoxy) is 1. The first-order valence-corrected chi connectivity index (χ1v) is 6.63. The van der Waals surface area contributed by atoms with E-state index in [9.17, 15) is 13.2 Å². The van der Waals surface area contributed by atoms with E-state index >= 15 is 0 Å². The molecule has 0 saturated carbocycles. The summed E-state index contributed by atoms with van der Waals surface area (Å²) in [6, 6.07) is 11.6. The van der Waals surface area contributed by atoms with Crippen molar-refractivity contribution in [1.82, 2.24) is 10.1 Å². The summed E-state index contributed by atoms with van der Waals surface area (Å²) in [4.78, 5) is 4.20. The van der Waals surface area contributed by atoms with Crippen LogP contribution < -0.4 is 4.74 Å². The van der Waals surface area contributed by atoms with E-state index in [0.717, 1.165) is 12.1 Å². The monoisotopic (exact) mass is 320 g/mol. The molecule has 0 spiro atoms. The number of methoxy groups -OCH3 is 1. The minimum absolute atomic E-state index is 0.219. The highest BCUT2D eigenvalue weighted by molar-refractivity contribution is 5.61. The van der Waals surface area contributed by atoms with Gasteiger partial charge < -0.3 is 9.26 Å². The summed E-state index contributed by atoms with van der Waals surface area (Å²) >= 11 is 0. The molecule has 7 heteroatoms. The molecule has 1 heterocycles. The molecule has 2 aromatic carbocycles. The third-order valence-corrected chi connectivity index (χ3v) is 3.21. The number of aromatic nitrogens is 2. The Hall–Kier alpha value is -2.83. The lowest BCUT2D eigenvalue weighted by molar-refractivity contribution is -0.137. The Labute approximate surface area is 129 Å². The summed E-state index contributed by atoms with van der Waals surface area (Å²) in [5, 5.41) is 3.80. The van der Waals surface area contributed by atoms with E-state index in [2.05, 4.69) is 10.1 Å². The van der Waals surface area contributed by atoms with Crippen LogP contribution in [0.3, 0.4) is 0 Å². The standard InChI is InChI=1S/C16H11F3N2O2/c1-22-13-4-2-3-11(9-13)15-20-14(21-23-15)10-5-7-12(8-6-10)16(17,18)19/h2-9H,1H3. The number of hydrogen-bond acceptors (Lipinski definition) is 4. The van der Waals surface area contributed by atoms with Gasteiger partial charge in [-0.1, -0.05) is 23.4 Å². The molecule has 0 unspecified atom stereocenters. The molecule has 0 saturated heterocycles. The number of benzene rings is 2. The van der Waals surface area contributed by atoms with Gasteiger partial charge in [0.25, 0.3) is 5.89 Å². The van der Waals surface area contributed by atoms with Crippen LogP contribution in [0.4, 0.5) is 13.2 Å². The van der Waals surface area contributed by atoms with E-state index in [1.807, 2.05) is 0 Å². The van der Waals surface area contributed by atoms with Crippen LogP contribution in [-0.4, -0.2) is 17.3 Å². The molecule has 0 atom stereocenters. The maximum atomic E-state index is 12.6. The van der Waals surface area contributed by atoms with Gasteiger partial charge in [0, 0.05) is 11.1 Å². The molecule has 0 aliphatic heterocycles. The molecule has 0 aliphatic rings. The molecular weight excluding hydrogens is 309 g/mol. The maximum Gasteiger partial charge on any atom is 0.416 e. The van der Waals surface area contributed by atoms with Crippen molar-refractivity contribution in [3.05, 3.63) is 54.1 Å². The second-order valence-corrected chi connectivity index (χ2v) is 4.73. The van der Waals surface area contributed by atoms with Crippen LogP contribution in [0.5, 0.6) is 5.75 Å². The Bertz CT molecular complexity index is 811. The minimum Gasteiger partial charge on any atom is -0.497 e. The minimum atomic E-state index is -4.37. The number of nitrogens with zero attached hydrogens (tertiary/aromatic N) is 2. The summed E-state index contributed by atoms with van der Waals surface area (Å²) < 4.78 is 48.0. The highest BCUT2D eigenvalue weighted by atomic mass is 19.4. The van der Waals surface area contributed by atoms with Crippen LogP contribution in [0.2, 0.25) is 0 Å². The molecule has 0 fully saturated rings. The maximum absolute atomic E-state index is 12.6. The second kappa shape index (κ2) is 5.75. The van der Waals surface area contributed by atoms with Crippen molar-refractivity contribution in [1.29, 1.82) is 0 Å². The Balaban J connectivity index is 1.89. The SMILES string of the molecule is COc1cccc(-c2nc(-c3ccc(C(F)(F)F)cc3)no2)c1. The van der Waals surface area contributed by atoms with E-state index in [4.69, 9.17) is 9.26 Å². The summed E-state index contributed by atoms with van der Waals surface area (Å²) in [6.45, 7) is 0. The highest BCUT2D eigenvalue weighted by Gasteiger charge is 2.30. The first kappa shape index (κ1) is 15.1. The van der Waals surface area contributed by atoms with E-state index in [1.165, 1.54) is 12.1 Å². The Morgan fingerprint density at radius 1 is 1.00 bits per heavy atom. The van der Waals surface area contributed by atoms with Gasteiger partial charge in [0.1, 0.15) is 5.75 Å². The smallest absolute Gasteiger partial charge is 0.416 e. The van der Waals surface area contributed by atoms with Crippen LogP contribution in [0.1, 0.15) is 5.56 Å². The number of alkyl halides is 3. The van der Waals surface area contributed by atoms with Crippen molar-refractivity contribution < 1.29 is 22.4 Å². The van der Waals surface area contributed by atoms with E-state index < -0.39 is 11.7 Å². The predicted octanol–water partition coefficient (Wildman–Crippen LogP) is 4.43. The first-order chi connectivity index (χ1) is 11.0. The van der Waals surface area contributed by atoms with Crippen molar-refractivity contribution in [3.63, 3.8) is 0 Å². The average Bonchev–Trinajstić information content (AvgIpc) is 3.04. The lowest BCUT2D eigenvalue weighted by Crippen LogP contribution is -2.04. The molecule has 3 rings (SSSR count). The highest BCUT2D eigenvalue weighted by Crippen LogP contribution is 2.31. The van der Waals surface area contributed by atoms with Gasteiger partial charge in [-0.2, -0.15) is 18.2 Å². The zero-order valence-corrected chi connectivity index (χ0v) is 12.0. The molecule has 0 amide bonds. The van der Waals surface area contributed by atoms with E-state index in [-0.39, 0.29) is 11.7 Å². The van der Waals surface area contributed by atoms with E-state index in [0.29, 0.717) is 16.9 Å². The van der Waals surface area contributed by atoms with Gasteiger partial charge in [0.05, 0.1) is 12.7 Å². The van der Waals surface area contributed by atoms with Gasteiger partial charge in [-0.05, 0) is 30.3 Å². The lowest BCUT2D eigenvalue weighted by atomic mass is 10.1. The average molecular weight is 320 g/mol. The van der Waals surface area contributed by atoms with Gasteiger partial charge in [-0.3, -0.25) is 0 Å². The predicted molar refractivity (Wildman–Crippen MR) is 76.7 cm³/mol. The number of hydrogen-bond donors (Lipinski definition) is 0. The van der Waals surface area contributed by atoms with E-state index in [1.54, 1.807) is 31.4 Å².